The lowest BCUT2D eigenvalue weighted by atomic mass is 9.96. The molecule has 0 aliphatic carbocycles. The monoisotopic (exact) mass is 386 g/mol. The van der Waals surface area contributed by atoms with Crippen LogP contribution in [0.4, 0.5) is 0 Å². The Kier molecular flexibility index (Phi) is 18.9. The molecule has 5 nitrogen and oxygen atoms in total. The first kappa shape index (κ1) is 25.9. The van der Waals surface area contributed by atoms with Crippen molar-refractivity contribution >= 4 is 11.9 Å². The zero-order valence-electron chi connectivity index (χ0n) is 17.9. The predicted octanol–water partition coefficient (Wildman–Crippen LogP) is 5.45. The summed E-state index contributed by atoms with van der Waals surface area (Å²) in [6.45, 7) is 6.12. The molecule has 0 heterocycles. The highest BCUT2D eigenvalue weighted by Crippen LogP contribution is 2.17. The lowest BCUT2D eigenvalue weighted by molar-refractivity contribution is -0.144. The standard InChI is InChI=1S/C22H42O5/c1-4-6-11-17-26-21(23)13-9-8-10-14-22(24)27-19-16-20(12-7-5-2)15-18-25-3/h20H,4-19H2,1-3H3. The molecule has 0 aromatic rings. The molecule has 0 saturated heterocycles. The third-order valence-electron chi connectivity index (χ3n) is 4.76. The Balaban J connectivity index is 3.62. The van der Waals surface area contributed by atoms with Crippen LogP contribution in [0.3, 0.4) is 0 Å². The summed E-state index contributed by atoms with van der Waals surface area (Å²) in [7, 11) is 1.73. The van der Waals surface area contributed by atoms with E-state index in [1.807, 2.05) is 0 Å². The van der Waals surface area contributed by atoms with Crippen LogP contribution in [-0.4, -0.2) is 38.9 Å². The van der Waals surface area contributed by atoms with Crippen molar-refractivity contribution in [1.29, 1.82) is 0 Å². The SMILES string of the molecule is CCCCCOC(=O)CCCCCC(=O)OCCC(CCCC)CCOC. The van der Waals surface area contributed by atoms with Gasteiger partial charge in [0.05, 0.1) is 13.2 Å². The van der Waals surface area contributed by atoms with Gasteiger partial charge >= 0.3 is 11.9 Å². The van der Waals surface area contributed by atoms with Crippen LogP contribution in [0.25, 0.3) is 0 Å². The Hall–Kier alpha value is -1.10. The zero-order chi connectivity index (χ0) is 20.2. The molecule has 0 amide bonds. The number of carbonyl (C=O) groups excluding carboxylic acids is 2. The zero-order valence-corrected chi connectivity index (χ0v) is 17.9. The van der Waals surface area contributed by atoms with E-state index < -0.39 is 0 Å². The first-order chi connectivity index (χ1) is 13.1. The Morgan fingerprint density at radius 3 is 1.85 bits per heavy atom. The van der Waals surface area contributed by atoms with Crippen molar-refractivity contribution in [3.8, 4) is 0 Å². The second-order valence-electron chi connectivity index (χ2n) is 7.29. The van der Waals surface area contributed by atoms with Gasteiger partial charge in [-0.15, -0.1) is 0 Å². The molecule has 0 aliphatic rings. The minimum absolute atomic E-state index is 0.122. The van der Waals surface area contributed by atoms with Gasteiger partial charge in [-0.05, 0) is 38.0 Å². The average Bonchev–Trinajstić information content (AvgIpc) is 2.66. The highest BCUT2D eigenvalue weighted by molar-refractivity contribution is 5.69. The number of unbranched alkanes of at least 4 members (excludes halogenated alkanes) is 5. The van der Waals surface area contributed by atoms with Crippen LogP contribution in [0.5, 0.6) is 0 Å². The van der Waals surface area contributed by atoms with E-state index in [2.05, 4.69) is 13.8 Å². The summed E-state index contributed by atoms with van der Waals surface area (Å²) in [6.07, 6.45) is 12.0. The molecular weight excluding hydrogens is 344 g/mol. The van der Waals surface area contributed by atoms with E-state index >= 15 is 0 Å². The summed E-state index contributed by atoms with van der Waals surface area (Å²) < 4.78 is 15.7. The summed E-state index contributed by atoms with van der Waals surface area (Å²) in [6, 6.07) is 0. The molecule has 27 heavy (non-hydrogen) atoms. The lowest BCUT2D eigenvalue weighted by Crippen LogP contribution is -2.12. The van der Waals surface area contributed by atoms with E-state index in [9.17, 15) is 9.59 Å². The van der Waals surface area contributed by atoms with Crippen molar-refractivity contribution in [3.63, 3.8) is 0 Å². The number of esters is 2. The Morgan fingerprint density at radius 1 is 0.667 bits per heavy atom. The van der Waals surface area contributed by atoms with Gasteiger partial charge in [-0.25, -0.2) is 0 Å². The largest absolute Gasteiger partial charge is 0.466 e. The topological polar surface area (TPSA) is 61.8 Å². The van der Waals surface area contributed by atoms with Crippen LogP contribution in [0.1, 0.15) is 97.3 Å². The van der Waals surface area contributed by atoms with Gasteiger partial charge < -0.3 is 14.2 Å². The molecule has 0 aromatic heterocycles. The molecule has 0 aliphatic heterocycles. The molecule has 0 fully saturated rings. The van der Waals surface area contributed by atoms with E-state index in [1.165, 1.54) is 19.3 Å². The van der Waals surface area contributed by atoms with Gasteiger partial charge in [0.15, 0.2) is 0 Å². The average molecular weight is 387 g/mol. The normalized spacial score (nSPS) is 12.0. The molecule has 0 N–H and O–H groups in total. The quantitative estimate of drug-likeness (QED) is 0.218. The van der Waals surface area contributed by atoms with Gasteiger partial charge in [0.2, 0.25) is 0 Å². The minimum atomic E-state index is -0.127. The van der Waals surface area contributed by atoms with Crippen LogP contribution >= 0.6 is 0 Å². The van der Waals surface area contributed by atoms with Gasteiger partial charge in [-0.1, -0.05) is 52.4 Å². The number of hydrogen-bond acceptors (Lipinski definition) is 5. The van der Waals surface area contributed by atoms with E-state index in [-0.39, 0.29) is 11.9 Å². The van der Waals surface area contributed by atoms with E-state index in [1.54, 1.807) is 7.11 Å². The molecule has 0 bridgehead atoms. The van der Waals surface area contributed by atoms with Gasteiger partial charge in [0.1, 0.15) is 0 Å². The molecule has 0 aromatic carbocycles. The summed E-state index contributed by atoms with van der Waals surface area (Å²) in [4.78, 5) is 23.3. The molecular formula is C22H42O5. The second kappa shape index (κ2) is 19.7. The molecule has 0 radical (unpaired) electrons. The molecule has 0 spiro atoms. The summed E-state index contributed by atoms with van der Waals surface area (Å²) in [5, 5.41) is 0. The van der Waals surface area contributed by atoms with Gasteiger partial charge in [0, 0.05) is 26.6 Å². The number of ether oxygens (including phenoxy) is 3. The van der Waals surface area contributed by atoms with Gasteiger partial charge in [-0.2, -0.15) is 0 Å². The Morgan fingerprint density at radius 2 is 1.26 bits per heavy atom. The van der Waals surface area contributed by atoms with Crippen LogP contribution in [-0.2, 0) is 23.8 Å². The highest BCUT2D eigenvalue weighted by Gasteiger charge is 2.10. The highest BCUT2D eigenvalue weighted by atomic mass is 16.5. The summed E-state index contributed by atoms with van der Waals surface area (Å²) in [5.41, 5.74) is 0. The molecule has 1 atom stereocenters. The van der Waals surface area contributed by atoms with Crippen molar-refractivity contribution in [3.05, 3.63) is 0 Å². The maximum absolute atomic E-state index is 11.8. The van der Waals surface area contributed by atoms with Crippen molar-refractivity contribution in [2.75, 3.05) is 26.9 Å². The summed E-state index contributed by atoms with van der Waals surface area (Å²) in [5.74, 6) is 0.321. The van der Waals surface area contributed by atoms with Crippen molar-refractivity contribution in [2.45, 2.75) is 97.3 Å². The van der Waals surface area contributed by atoms with Gasteiger partial charge in [0.25, 0.3) is 0 Å². The maximum atomic E-state index is 11.8. The fraction of sp³-hybridized carbons (Fsp3) is 0.909. The van der Waals surface area contributed by atoms with Crippen LogP contribution < -0.4 is 0 Å². The maximum Gasteiger partial charge on any atom is 0.305 e. The fourth-order valence-electron chi connectivity index (χ4n) is 2.95. The molecule has 5 heteroatoms. The van der Waals surface area contributed by atoms with E-state index in [0.29, 0.717) is 32.0 Å². The van der Waals surface area contributed by atoms with Crippen LogP contribution in [0.15, 0.2) is 0 Å². The van der Waals surface area contributed by atoms with Crippen LogP contribution in [0, 0.1) is 5.92 Å². The first-order valence-corrected chi connectivity index (χ1v) is 10.9. The van der Waals surface area contributed by atoms with Gasteiger partial charge in [-0.3, -0.25) is 9.59 Å². The number of methoxy groups -OCH3 is 1. The van der Waals surface area contributed by atoms with Crippen molar-refractivity contribution in [2.24, 2.45) is 5.92 Å². The van der Waals surface area contributed by atoms with E-state index in [4.69, 9.17) is 14.2 Å². The fourth-order valence-corrected chi connectivity index (χ4v) is 2.95. The third kappa shape index (κ3) is 18.0. The van der Waals surface area contributed by atoms with Crippen LogP contribution in [0.2, 0.25) is 0 Å². The molecule has 160 valence electrons. The number of rotatable bonds is 19. The predicted molar refractivity (Wildman–Crippen MR) is 109 cm³/mol. The smallest absolute Gasteiger partial charge is 0.305 e. The third-order valence-corrected chi connectivity index (χ3v) is 4.76. The first-order valence-electron chi connectivity index (χ1n) is 10.9. The lowest BCUT2D eigenvalue weighted by Gasteiger charge is -2.16. The molecule has 0 saturated carbocycles. The van der Waals surface area contributed by atoms with Crippen molar-refractivity contribution in [1.82, 2.24) is 0 Å². The number of carbonyl (C=O) groups is 2. The number of hydrogen-bond donors (Lipinski definition) is 0. The second-order valence-corrected chi connectivity index (χ2v) is 7.29. The molecule has 1 unspecified atom stereocenters. The summed E-state index contributed by atoms with van der Waals surface area (Å²) >= 11 is 0. The Labute approximate surface area is 166 Å². The van der Waals surface area contributed by atoms with E-state index in [0.717, 1.165) is 58.0 Å². The van der Waals surface area contributed by atoms with Crippen molar-refractivity contribution < 1.29 is 23.8 Å². The Bertz CT molecular complexity index is 349. The minimum Gasteiger partial charge on any atom is -0.466 e. The molecule has 0 rings (SSSR count).